The van der Waals surface area contributed by atoms with E-state index in [9.17, 15) is 13.2 Å². The molecule has 1 heterocycles. The van der Waals surface area contributed by atoms with E-state index >= 15 is 0 Å². The lowest BCUT2D eigenvalue weighted by Gasteiger charge is -2.13. The lowest BCUT2D eigenvalue weighted by molar-refractivity contribution is -0.137. The Hall–Kier alpha value is -0.850. The van der Waals surface area contributed by atoms with E-state index in [4.69, 9.17) is 5.73 Å². The molecule has 0 aliphatic heterocycles. The van der Waals surface area contributed by atoms with Crippen molar-refractivity contribution in [1.82, 2.24) is 0 Å². The number of alkyl halides is 3. The van der Waals surface area contributed by atoms with Crippen molar-refractivity contribution in [2.24, 2.45) is 5.73 Å². The smallest absolute Gasteiger partial charge is 0.320 e. The van der Waals surface area contributed by atoms with E-state index in [1.54, 1.807) is 6.07 Å². The van der Waals surface area contributed by atoms with Gasteiger partial charge in [-0.25, -0.2) is 0 Å². The quantitative estimate of drug-likeness (QED) is 0.854. The third-order valence-corrected chi connectivity index (χ3v) is 4.04. The van der Waals surface area contributed by atoms with Crippen molar-refractivity contribution in [3.05, 3.63) is 56.2 Å². The highest BCUT2D eigenvalue weighted by Gasteiger charge is 2.30. The number of thiophene rings is 1. The van der Waals surface area contributed by atoms with Gasteiger partial charge in [0.25, 0.3) is 0 Å². The summed E-state index contributed by atoms with van der Waals surface area (Å²) in [5, 5.41) is 1.83. The standard InChI is InChI=1S/C12H9BrF3NS/c13-10-5-8(6-18-10)11(17)7-2-1-3-9(4-7)12(14,15)16/h1-6,11H,17H2. The summed E-state index contributed by atoms with van der Waals surface area (Å²) < 4.78 is 38.7. The van der Waals surface area contributed by atoms with E-state index in [1.165, 1.54) is 17.4 Å². The summed E-state index contributed by atoms with van der Waals surface area (Å²) in [4.78, 5) is 0. The monoisotopic (exact) mass is 335 g/mol. The Morgan fingerprint density at radius 1 is 1.17 bits per heavy atom. The zero-order chi connectivity index (χ0) is 13.3. The second kappa shape index (κ2) is 5.03. The largest absolute Gasteiger partial charge is 0.416 e. The molecule has 6 heteroatoms. The second-order valence-corrected chi connectivity index (χ2v) is 6.08. The van der Waals surface area contributed by atoms with E-state index in [0.717, 1.165) is 21.5 Å². The molecule has 0 saturated carbocycles. The Labute approximate surface area is 115 Å². The molecule has 18 heavy (non-hydrogen) atoms. The summed E-state index contributed by atoms with van der Waals surface area (Å²) >= 11 is 4.75. The average Bonchev–Trinajstić information content (AvgIpc) is 2.74. The Kier molecular flexibility index (Phi) is 3.79. The molecule has 96 valence electrons. The van der Waals surface area contributed by atoms with Gasteiger partial charge in [-0.2, -0.15) is 13.2 Å². The summed E-state index contributed by atoms with van der Waals surface area (Å²) in [6.45, 7) is 0. The van der Waals surface area contributed by atoms with Gasteiger partial charge in [0, 0.05) is 0 Å². The molecular weight excluding hydrogens is 327 g/mol. The summed E-state index contributed by atoms with van der Waals surface area (Å²) in [5.41, 5.74) is 6.54. The number of rotatable bonds is 2. The number of hydrogen-bond acceptors (Lipinski definition) is 2. The molecule has 0 aliphatic rings. The van der Waals surface area contributed by atoms with Crippen LogP contribution in [0.15, 0.2) is 39.5 Å². The molecule has 0 radical (unpaired) electrons. The molecule has 1 unspecified atom stereocenters. The van der Waals surface area contributed by atoms with Gasteiger partial charge in [0.05, 0.1) is 15.4 Å². The number of nitrogens with two attached hydrogens (primary N) is 1. The minimum atomic E-state index is -4.34. The molecule has 2 rings (SSSR count). The maximum Gasteiger partial charge on any atom is 0.416 e. The first-order chi connectivity index (χ1) is 8.38. The highest BCUT2D eigenvalue weighted by Crippen LogP contribution is 2.33. The summed E-state index contributed by atoms with van der Waals surface area (Å²) in [7, 11) is 0. The van der Waals surface area contributed by atoms with Crippen LogP contribution in [0.1, 0.15) is 22.7 Å². The maximum absolute atomic E-state index is 12.6. The van der Waals surface area contributed by atoms with E-state index in [2.05, 4.69) is 15.9 Å². The van der Waals surface area contributed by atoms with Crippen molar-refractivity contribution in [3.63, 3.8) is 0 Å². The fourth-order valence-corrected chi connectivity index (χ4v) is 2.80. The fourth-order valence-electron chi connectivity index (χ4n) is 1.59. The zero-order valence-electron chi connectivity index (χ0n) is 9.04. The van der Waals surface area contributed by atoms with E-state index < -0.39 is 17.8 Å². The van der Waals surface area contributed by atoms with Crippen LogP contribution in [0.25, 0.3) is 0 Å². The zero-order valence-corrected chi connectivity index (χ0v) is 11.4. The highest BCUT2D eigenvalue weighted by molar-refractivity contribution is 9.11. The van der Waals surface area contributed by atoms with Gasteiger partial charge in [-0.1, -0.05) is 12.1 Å². The van der Waals surface area contributed by atoms with Crippen LogP contribution in [0.3, 0.4) is 0 Å². The molecule has 2 aromatic rings. The molecule has 1 atom stereocenters. The third-order valence-electron chi connectivity index (χ3n) is 2.52. The number of halogens is 4. The van der Waals surface area contributed by atoms with Crippen molar-refractivity contribution in [3.8, 4) is 0 Å². The molecule has 1 aromatic carbocycles. The van der Waals surface area contributed by atoms with Crippen LogP contribution in [0.2, 0.25) is 0 Å². The second-order valence-electron chi connectivity index (χ2n) is 3.79. The lowest BCUT2D eigenvalue weighted by Crippen LogP contribution is -2.13. The first-order valence-corrected chi connectivity index (χ1v) is 6.72. The van der Waals surface area contributed by atoms with Crippen LogP contribution in [0, 0.1) is 0 Å². The van der Waals surface area contributed by atoms with Crippen LogP contribution in [-0.4, -0.2) is 0 Å². The van der Waals surface area contributed by atoms with Crippen molar-refractivity contribution < 1.29 is 13.2 Å². The van der Waals surface area contributed by atoms with Crippen molar-refractivity contribution >= 4 is 27.3 Å². The first-order valence-electron chi connectivity index (χ1n) is 5.04. The fraction of sp³-hybridized carbons (Fsp3) is 0.167. The van der Waals surface area contributed by atoms with Crippen molar-refractivity contribution in [2.75, 3.05) is 0 Å². The summed E-state index contributed by atoms with van der Waals surface area (Å²) in [5.74, 6) is 0. The van der Waals surface area contributed by atoms with Gasteiger partial charge >= 0.3 is 6.18 Å². The average molecular weight is 336 g/mol. The lowest BCUT2D eigenvalue weighted by atomic mass is 10.00. The van der Waals surface area contributed by atoms with E-state index in [0.29, 0.717) is 5.56 Å². The maximum atomic E-state index is 12.6. The van der Waals surface area contributed by atoms with Crippen molar-refractivity contribution in [1.29, 1.82) is 0 Å². The number of hydrogen-bond donors (Lipinski definition) is 1. The van der Waals surface area contributed by atoms with Crippen LogP contribution < -0.4 is 5.73 Å². The Bertz CT molecular complexity index is 550. The van der Waals surface area contributed by atoms with E-state index in [-0.39, 0.29) is 0 Å². The molecule has 0 bridgehead atoms. The molecule has 0 saturated heterocycles. The molecule has 0 spiro atoms. The highest BCUT2D eigenvalue weighted by atomic mass is 79.9. The van der Waals surface area contributed by atoms with Crippen LogP contribution >= 0.6 is 27.3 Å². The molecular formula is C12H9BrF3NS. The van der Waals surface area contributed by atoms with Crippen molar-refractivity contribution in [2.45, 2.75) is 12.2 Å². The molecule has 2 N–H and O–H groups in total. The first kappa shape index (κ1) is 13.6. The molecule has 0 fully saturated rings. The van der Waals surface area contributed by atoms with Gasteiger partial charge in [0.2, 0.25) is 0 Å². The molecule has 1 nitrogen and oxygen atoms in total. The van der Waals surface area contributed by atoms with Gasteiger partial charge in [-0.3, -0.25) is 0 Å². The normalized spacial score (nSPS) is 13.6. The van der Waals surface area contributed by atoms with Gasteiger partial charge in [0.15, 0.2) is 0 Å². The van der Waals surface area contributed by atoms with E-state index in [1.807, 2.05) is 11.4 Å². The van der Waals surface area contributed by atoms with Crippen LogP contribution in [-0.2, 0) is 6.18 Å². The van der Waals surface area contributed by atoms with Gasteiger partial charge < -0.3 is 5.73 Å². The third kappa shape index (κ3) is 2.93. The minimum absolute atomic E-state index is 0.454. The van der Waals surface area contributed by atoms with Crippen LogP contribution in [0.4, 0.5) is 13.2 Å². The Balaban J connectivity index is 2.34. The Morgan fingerprint density at radius 2 is 1.89 bits per heavy atom. The predicted octanol–water partition coefficient (Wildman–Crippen LogP) is 4.58. The van der Waals surface area contributed by atoms with Gasteiger partial charge in [-0.15, -0.1) is 11.3 Å². The molecule has 0 aliphatic carbocycles. The summed E-state index contributed by atoms with van der Waals surface area (Å²) in [6, 6.07) is 6.38. The van der Waals surface area contributed by atoms with Gasteiger partial charge in [0.1, 0.15) is 0 Å². The SMILES string of the molecule is NC(c1cccc(C(F)(F)F)c1)c1csc(Br)c1. The topological polar surface area (TPSA) is 26.0 Å². The Morgan fingerprint density at radius 3 is 2.44 bits per heavy atom. The minimum Gasteiger partial charge on any atom is -0.320 e. The van der Waals surface area contributed by atoms with Gasteiger partial charge in [-0.05, 0) is 50.6 Å². The predicted molar refractivity (Wildman–Crippen MR) is 69.5 cm³/mol. The molecule has 1 aromatic heterocycles. The van der Waals surface area contributed by atoms with Crippen LogP contribution in [0.5, 0.6) is 0 Å². The summed E-state index contributed by atoms with van der Waals surface area (Å²) in [6.07, 6.45) is -4.34. The number of benzene rings is 1. The molecule has 0 amide bonds.